The summed E-state index contributed by atoms with van der Waals surface area (Å²) in [6.07, 6.45) is 0. The van der Waals surface area contributed by atoms with Crippen LogP contribution >= 0.6 is 11.3 Å². The van der Waals surface area contributed by atoms with E-state index >= 15 is 0 Å². The molecule has 0 aliphatic carbocycles. The first-order valence-corrected chi connectivity index (χ1v) is 8.15. The summed E-state index contributed by atoms with van der Waals surface area (Å²) in [5.74, 6) is -0.326. The van der Waals surface area contributed by atoms with E-state index in [4.69, 9.17) is 5.73 Å². The number of nitro groups is 1. The standard InChI is InChI=1S/C17H14N4O3S/c1-10-3-2-4-12(9-10)19-16(22)15-14(20-17(18)25-15)11-5-7-13(8-6-11)21(23)24/h2-9H,1H3,(H2,18,20)(H,19,22). The number of amides is 1. The van der Waals surface area contributed by atoms with Gasteiger partial charge < -0.3 is 11.1 Å². The fraction of sp³-hybridized carbons (Fsp3) is 0.0588. The van der Waals surface area contributed by atoms with Crippen LogP contribution in [0.5, 0.6) is 0 Å². The molecule has 8 heteroatoms. The van der Waals surface area contributed by atoms with E-state index in [1.165, 1.54) is 12.1 Å². The van der Waals surface area contributed by atoms with Gasteiger partial charge in [-0.1, -0.05) is 23.5 Å². The number of rotatable bonds is 4. The minimum absolute atomic E-state index is 0.0299. The second-order valence-corrected chi connectivity index (χ2v) is 6.39. The Kier molecular flexibility index (Phi) is 4.44. The normalized spacial score (nSPS) is 10.4. The molecule has 1 aromatic heterocycles. The van der Waals surface area contributed by atoms with Gasteiger partial charge in [-0.2, -0.15) is 0 Å². The summed E-state index contributed by atoms with van der Waals surface area (Å²) in [7, 11) is 0. The highest BCUT2D eigenvalue weighted by atomic mass is 32.1. The van der Waals surface area contributed by atoms with Gasteiger partial charge in [-0.3, -0.25) is 14.9 Å². The molecule has 1 heterocycles. The first-order chi connectivity index (χ1) is 11.9. The summed E-state index contributed by atoms with van der Waals surface area (Å²) < 4.78 is 0. The summed E-state index contributed by atoms with van der Waals surface area (Å²) in [4.78, 5) is 27.4. The number of hydrogen-bond acceptors (Lipinski definition) is 6. The second-order valence-electron chi connectivity index (χ2n) is 5.36. The van der Waals surface area contributed by atoms with Crippen LogP contribution in [0.25, 0.3) is 11.3 Å². The van der Waals surface area contributed by atoms with E-state index in [9.17, 15) is 14.9 Å². The number of nitro benzene ring substituents is 1. The molecule has 0 spiro atoms. The summed E-state index contributed by atoms with van der Waals surface area (Å²) in [6.45, 7) is 1.93. The van der Waals surface area contributed by atoms with E-state index in [0.29, 0.717) is 21.8 Å². The van der Waals surface area contributed by atoms with Crippen molar-refractivity contribution in [3.63, 3.8) is 0 Å². The van der Waals surface area contributed by atoms with Crippen LogP contribution in [0.4, 0.5) is 16.5 Å². The van der Waals surface area contributed by atoms with Crippen molar-refractivity contribution in [2.45, 2.75) is 6.92 Å². The summed E-state index contributed by atoms with van der Waals surface area (Å²) in [5.41, 5.74) is 8.43. The quantitative estimate of drug-likeness (QED) is 0.546. The first-order valence-electron chi connectivity index (χ1n) is 7.33. The molecule has 0 saturated carbocycles. The smallest absolute Gasteiger partial charge is 0.269 e. The number of nitrogens with two attached hydrogens (primary N) is 1. The van der Waals surface area contributed by atoms with Crippen molar-refractivity contribution in [3.05, 3.63) is 69.1 Å². The van der Waals surface area contributed by atoms with Crippen LogP contribution < -0.4 is 11.1 Å². The predicted octanol–water partition coefficient (Wildman–Crippen LogP) is 3.86. The van der Waals surface area contributed by atoms with Crippen molar-refractivity contribution in [3.8, 4) is 11.3 Å². The number of hydrogen-bond donors (Lipinski definition) is 2. The zero-order valence-corrected chi connectivity index (χ0v) is 14.0. The highest BCUT2D eigenvalue weighted by molar-refractivity contribution is 7.17. The van der Waals surface area contributed by atoms with Gasteiger partial charge in [-0.25, -0.2) is 4.98 Å². The molecule has 3 N–H and O–H groups in total. The van der Waals surface area contributed by atoms with Crippen LogP contribution in [0.15, 0.2) is 48.5 Å². The molecule has 0 radical (unpaired) electrons. The third-order valence-electron chi connectivity index (χ3n) is 3.48. The number of nitrogens with zero attached hydrogens (tertiary/aromatic N) is 2. The lowest BCUT2D eigenvalue weighted by atomic mass is 10.1. The lowest BCUT2D eigenvalue weighted by Gasteiger charge is -2.06. The third kappa shape index (κ3) is 3.64. The molecule has 7 nitrogen and oxygen atoms in total. The van der Waals surface area contributed by atoms with Gasteiger partial charge in [-0.15, -0.1) is 0 Å². The zero-order valence-electron chi connectivity index (χ0n) is 13.2. The van der Waals surface area contributed by atoms with Crippen molar-refractivity contribution < 1.29 is 9.72 Å². The highest BCUT2D eigenvalue weighted by Gasteiger charge is 2.19. The average molecular weight is 354 g/mol. The minimum atomic E-state index is -0.482. The molecule has 1 amide bonds. The number of aryl methyl sites for hydroxylation is 1. The maximum Gasteiger partial charge on any atom is 0.269 e. The number of benzene rings is 2. The lowest BCUT2D eigenvalue weighted by molar-refractivity contribution is -0.384. The summed E-state index contributed by atoms with van der Waals surface area (Å²) >= 11 is 1.07. The molecule has 25 heavy (non-hydrogen) atoms. The van der Waals surface area contributed by atoms with Gasteiger partial charge in [0.1, 0.15) is 4.88 Å². The molecule has 3 aromatic rings. The number of carbonyl (C=O) groups excluding carboxylic acids is 1. The summed E-state index contributed by atoms with van der Waals surface area (Å²) in [5, 5.41) is 13.8. The van der Waals surface area contributed by atoms with E-state index < -0.39 is 4.92 Å². The van der Waals surface area contributed by atoms with Gasteiger partial charge in [0.15, 0.2) is 5.13 Å². The number of nitrogens with one attached hydrogen (secondary N) is 1. The van der Waals surface area contributed by atoms with Crippen LogP contribution in [-0.4, -0.2) is 15.8 Å². The number of aromatic nitrogens is 1. The maximum atomic E-state index is 12.6. The van der Waals surface area contributed by atoms with Crippen molar-refractivity contribution in [1.82, 2.24) is 4.98 Å². The van der Waals surface area contributed by atoms with Gasteiger partial charge >= 0.3 is 0 Å². The molecule has 0 aliphatic heterocycles. The van der Waals surface area contributed by atoms with Gasteiger partial charge in [0.05, 0.1) is 10.6 Å². The highest BCUT2D eigenvalue weighted by Crippen LogP contribution is 2.31. The molecule has 0 aliphatic rings. The molecular formula is C17H14N4O3S. The van der Waals surface area contributed by atoms with Crippen LogP contribution in [0.2, 0.25) is 0 Å². The fourth-order valence-corrected chi connectivity index (χ4v) is 3.09. The van der Waals surface area contributed by atoms with E-state index in [1.54, 1.807) is 18.2 Å². The van der Waals surface area contributed by atoms with Gasteiger partial charge in [0, 0.05) is 23.4 Å². The van der Waals surface area contributed by atoms with Crippen LogP contribution in [0.3, 0.4) is 0 Å². The zero-order chi connectivity index (χ0) is 18.0. The SMILES string of the molecule is Cc1cccc(NC(=O)c2sc(N)nc2-c2ccc([N+](=O)[O-])cc2)c1. The number of carbonyl (C=O) groups is 1. The number of anilines is 2. The molecule has 3 rings (SSSR count). The van der Waals surface area contributed by atoms with E-state index in [0.717, 1.165) is 16.9 Å². The van der Waals surface area contributed by atoms with Crippen LogP contribution in [-0.2, 0) is 0 Å². The monoisotopic (exact) mass is 354 g/mol. The second kappa shape index (κ2) is 6.70. The Morgan fingerprint density at radius 1 is 1.24 bits per heavy atom. The summed E-state index contributed by atoms with van der Waals surface area (Å²) in [6, 6.07) is 13.3. The van der Waals surface area contributed by atoms with Gasteiger partial charge in [0.25, 0.3) is 11.6 Å². The number of nitrogen functional groups attached to an aromatic ring is 1. The van der Waals surface area contributed by atoms with Crippen molar-refractivity contribution in [1.29, 1.82) is 0 Å². The fourth-order valence-electron chi connectivity index (χ4n) is 2.34. The molecular weight excluding hydrogens is 340 g/mol. The first kappa shape index (κ1) is 16.6. The predicted molar refractivity (Wildman–Crippen MR) is 97.7 cm³/mol. The lowest BCUT2D eigenvalue weighted by Crippen LogP contribution is -2.11. The van der Waals surface area contributed by atoms with Gasteiger partial charge in [-0.05, 0) is 36.8 Å². The van der Waals surface area contributed by atoms with Crippen molar-refractivity contribution in [2.24, 2.45) is 0 Å². The Morgan fingerprint density at radius 3 is 2.60 bits per heavy atom. The molecule has 0 saturated heterocycles. The third-order valence-corrected chi connectivity index (χ3v) is 4.36. The largest absolute Gasteiger partial charge is 0.375 e. The van der Waals surface area contributed by atoms with Crippen molar-refractivity contribution in [2.75, 3.05) is 11.1 Å². The Bertz CT molecular complexity index is 951. The van der Waals surface area contributed by atoms with Gasteiger partial charge in [0.2, 0.25) is 0 Å². The maximum absolute atomic E-state index is 12.6. The topological polar surface area (TPSA) is 111 Å². The minimum Gasteiger partial charge on any atom is -0.375 e. The number of non-ortho nitro benzene ring substituents is 1. The van der Waals surface area contributed by atoms with Crippen LogP contribution in [0, 0.1) is 17.0 Å². The Morgan fingerprint density at radius 2 is 1.96 bits per heavy atom. The number of thiazole rings is 1. The molecule has 0 bridgehead atoms. The van der Waals surface area contributed by atoms with Crippen molar-refractivity contribution >= 4 is 33.8 Å². The Labute approximate surface area is 147 Å². The average Bonchev–Trinajstić information content (AvgIpc) is 2.97. The van der Waals surface area contributed by atoms with E-state index in [1.807, 2.05) is 25.1 Å². The van der Waals surface area contributed by atoms with Crippen LogP contribution in [0.1, 0.15) is 15.2 Å². The van der Waals surface area contributed by atoms with E-state index in [-0.39, 0.29) is 16.7 Å². The molecule has 0 fully saturated rings. The Hall–Kier alpha value is -3.26. The Balaban J connectivity index is 1.92. The molecule has 2 aromatic carbocycles. The molecule has 0 atom stereocenters. The molecule has 0 unspecified atom stereocenters. The van der Waals surface area contributed by atoms with E-state index in [2.05, 4.69) is 10.3 Å². The molecule has 126 valence electrons.